The predicted molar refractivity (Wildman–Crippen MR) is 135 cm³/mol. The van der Waals surface area contributed by atoms with E-state index in [0.717, 1.165) is 34.5 Å². The second-order valence-electron chi connectivity index (χ2n) is 9.23. The van der Waals surface area contributed by atoms with Gasteiger partial charge in [0.1, 0.15) is 5.82 Å². The van der Waals surface area contributed by atoms with Gasteiger partial charge < -0.3 is 10.6 Å². The molecule has 7 nitrogen and oxygen atoms in total. The fourth-order valence-corrected chi connectivity index (χ4v) is 5.12. The summed E-state index contributed by atoms with van der Waals surface area (Å²) in [5, 5.41) is 10.8. The van der Waals surface area contributed by atoms with E-state index in [9.17, 15) is 9.59 Å². The van der Waals surface area contributed by atoms with Crippen LogP contribution in [-0.4, -0.2) is 26.5 Å². The third-order valence-corrected chi connectivity index (χ3v) is 6.81. The highest BCUT2D eigenvalue weighted by Gasteiger charge is 2.41. The molecule has 1 aromatic carbocycles. The van der Waals surface area contributed by atoms with E-state index in [1.165, 1.54) is 0 Å². The van der Waals surface area contributed by atoms with Gasteiger partial charge in [0, 0.05) is 59.4 Å². The number of hydrogen-bond donors (Lipinski definition) is 2. The van der Waals surface area contributed by atoms with Crippen LogP contribution in [0.1, 0.15) is 55.2 Å². The van der Waals surface area contributed by atoms with Gasteiger partial charge in [-0.25, -0.2) is 4.98 Å². The van der Waals surface area contributed by atoms with Gasteiger partial charge in [0.2, 0.25) is 0 Å². The van der Waals surface area contributed by atoms with Gasteiger partial charge in [-0.2, -0.15) is 5.10 Å². The maximum Gasteiger partial charge on any atom is 0.255 e. The molecular weight excluding hydrogens is 438 g/mol. The summed E-state index contributed by atoms with van der Waals surface area (Å²) in [5.41, 5.74) is 5.82. The zero-order chi connectivity index (χ0) is 24.5. The highest BCUT2D eigenvalue weighted by molar-refractivity contribution is 6.09. The molecule has 3 aromatic rings. The number of hydrogen-bond acceptors (Lipinski definition) is 5. The molecule has 0 fully saturated rings. The molecule has 0 saturated heterocycles. The van der Waals surface area contributed by atoms with Crippen LogP contribution in [0.15, 0.2) is 83.6 Å². The third kappa shape index (κ3) is 4.41. The van der Waals surface area contributed by atoms with Crippen molar-refractivity contribution in [2.75, 3.05) is 5.32 Å². The average molecular weight is 468 g/mol. The van der Waals surface area contributed by atoms with E-state index in [-0.39, 0.29) is 17.6 Å². The number of nitrogens with one attached hydrogen (secondary N) is 2. The maximum atomic E-state index is 13.7. The molecule has 2 atom stereocenters. The molecule has 3 heterocycles. The van der Waals surface area contributed by atoms with Crippen molar-refractivity contribution in [3.05, 3.63) is 100 Å². The summed E-state index contributed by atoms with van der Waals surface area (Å²) in [7, 11) is 0. The van der Waals surface area contributed by atoms with Crippen LogP contribution in [-0.2, 0) is 16.1 Å². The van der Waals surface area contributed by atoms with Crippen LogP contribution >= 0.6 is 0 Å². The summed E-state index contributed by atoms with van der Waals surface area (Å²) < 4.78 is 1.82. The number of anilines is 1. The number of carbonyl (C=O) groups is 2. The number of carbonyl (C=O) groups excluding carboxylic acids is 2. The summed E-state index contributed by atoms with van der Waals surface area (Å²) in [5.74, 6) is -0.105. The minimum absolute atomic E-state index is 0.0633. The first-order chi connectivity index (χ1) is 16.9. The van der Waals surface area contributed by atoms with E-state index in [2.05, 4.69) is 32.8 Å². The van der Waals surface area contributed by atoms with Crippen molar-refractivity contribution in [3.63, 3.8) is 0 Å². The van der Waals surface area contributed by atoms with Gasteiger partial charge in [-0.3, -0.25) is 14.3 Å². The lowest BCUT2D eigenvalue weighted by atomic mass is 9.72. The number of rotatable bonds is 5. The number of Topliss-reactive ketones (excluding diaryl/α,β-unsaturated/α-hetero) is 1. The van der Waals surface area contributed by atoms with Crippen molar-refractivity contribution >= 4 is 17.5 Å². The number of benzene rings is 1. The Morgan fingerprint density at radius 1 is 1.14 bits per heavy atom. The molecule has 5 rings (SSSR count). The normalized spacial score (nSPS) is 19.9. The molecule has 0 saturated carbocycles. The minimum atomic E-state index is -0.486. The number of aromatic nitrogens is 3. The Kier molecular flexibility index (Phi) is 6.07. The topological polar surface area (TPSA) is 88.9 Å². The molecular formula is C28H29N5O2. The molecule has 2 aliphatic rings. The van der Waals surface area contributed by atoms with Gasteiger partial charge in [0.25, 0.3) is 5.91 Å². The Morgan fingerprint density at radius 3 is 2.66 bits per heavy atom. The van der Waals surface area contributed by atoms with Crippen LogP contribution in [0.5, 0.6) is 0 Å². The fourth-order valence-electron chi connectivity index (χ4n) is 5.12. The zero-order valence-corrected chi connectivity index (χ0v) is 20.2. The second kappa shape index (κ2) is 9.33. The Bertz CT molecular complexity index is 1350. The van der Waals surface area contributed by atoms with Crippen LogP contribution in [0.3, 0.4) is 0 Å². The van der Waals surface area contributed by atoms with Gasteiger partial charge in [-0.1, -0.05) is 30.3 Å². The average Bonchev–Trinajstić information content (AvgIpc) is 3.32. The van der Waals surface area contributed by atoms with Crippen LogP contribution in [0.2, 0.25) is 0 Å². The molecule has 2 N–H and O–H groups in total. The molecule has 0 bridgehead atoms. The Morgan fingerprint density at radius 2 is 1.94 bits per heavy atom. The van der Waals surface area contributed by atoms with E-state index >= 15 is 0 Å². The smallest absolute Gasteiger partial charge is 0.255 e. The van der Waals surface area contributed by atoms with Crippen molar-refractivity contribution in [3.8, 4) is 0 Å². The van der Waals surface area contributed by atoms with E-state index in [0.29, 0.717) is 29.9 Å². The highest BCUT2D eigenvalue weighted by Crippen LogP contribution is 2.45. The molecule has 1 aliphatic heterocycles. The second-order valence-corrected chi connectivity index (χ2v) is 9.23. The standard InChI is InChI=1S/C28H29N5O2/c1-4-33-16-21(15-30-33)26-25(28(35)32-24-12-17(2)10-11-29-24)18(3)31-22-13-20(14-23(34)27(22)26)19-8-6-5-7-9-19/h5-12,15-16,20,26,31H,4,13-14H2,1-3H3,(H,29,32,35)/t20-,26-/m1/s1. The van der Waals surface area contributed by atoms with Crippen LogP contribution < -0.4 is 10.6 Å². The first-order valence-corrected chi connectivity index (χ1v) is 12.0. The molecule has 2 aromatic heterocycles. The van der Waals surface area contributed by atoms with E-state index in [1.807, 2.05) is 62.0 Å². The summed E-state index contributed by atoms with van der Waals surface area (Å²) in [4.78, 5) is 31.5. The first-order valence-electron chi connectivity index (χ1n) is 12.0. The summed E-state index contributed by atoms with van der Waals surface area (Å²) >= 11 is 0. The molecule has 7 heteroatoms. The SMILES string of the molecule is CCn1cc([C@@H]2C(C(=O)Nc3cc(C)ccn3)=C(C)NC3=C2C(=O)C[C@H](c2ccccc2)C3)cn1. The number of nitrogens with zero attached hydrogens (tertiary/aromatic N) is 3. The van der Waals surface area contributed by atoms with E-state index in [1.54, 1.807) is 12.4 Å². The van der Waals surface area contributed by atoms with Gasteiger partial charge in [0.05, 0.1) is 6.20 Å². The Hall–Kier alpha value is -4.00. The van der Waals surface area contributed by atoms with Gasteiger partial charge in [-0.15, -0.1) is 0 Å². The predicted octanol–water partition coefficient (Wildman–Crippen LogP) is 4.61. The van der Waals surface area contributed by atoms with Crippen molar-refractivity contribution in [1.82, 2.24) is 20.1 Å². The molecule has 1 aliphatic carbocycles. The van der Waals surface area contributed by atoms with Crippen LogP contribution in [0.4, 0.5) is 5.82 Å². The Labute approximate surface area is 205 Å². The van der Waals surface area contributed by atoms with Crippen molar-refractivity contribution in [2.45, 2.75) is 52.0 Å². The Balaban J connectivity index is 1.55. The molecule has 0 unspecified atom stereocenters. The summed E-state index contributed by atoms with van der Waals surface area (Å²) in [6, 6.07) is 13.9. The van der Waals surface area contributed by atoms with Crippen molar-refractivity contribution < 1.29 is 9.59 Å². The number of ketones is 1. The molecule has 0 spiro atoms. The monoisotopic (exact) mass is 467 g/mol. The lowest BCUT2D eigenvalue weighted by molar-refractivity contribution is -0.116. The van der Waals surface area contributed by atoms with Crippen molar-refractivity contribution in [1.29, 1.82) is 0 Å². The van der Waals surface area contributed by atoms with Gasteiger partial charge >= 0.3 is 0 Å². The quantitative estimate of drug-likeness (QED) is 0.572. The molecule has 178 valence electrons. The third-order valence-electron chi connectivity index (χ3n) is 6.81. The number of aryl methyl sites for hydroxylation is 2. The zero-order valence-electron chi connectivity index (χ0n) is 20.2. The van der Waals surface area contributed by atoms with Crippen molar-refractivity contribution in [2.24, 2.45) is 0 Å². The maximum absolute atomic E-state index is 13.7. The molecule has 35 heavy (non-hydrogen) atoms. The van der Waals surface area contributed by atoms with Crippen LogP contribution in [0.25, 0.3) is 0 Å². The lowest BCUT2D eigenvalue weighted by Crippen LogP contribution is -2.37. The number of dihydropyridines is 1. The first kappa shape index (κ1) is 22.8. The summed E-state index contributed by atoms with van der Waals surface area (Å²) in [6.45, 7) is 6.57. The number of allylic oxidation sites excluding steroid dienone is 3. The summed E-state index contributed by atoms with van der Waals surface area (Å²) in [6.07, 6.45) is 6.50. The lowest BCUT2D eigenvalue weighted by Gasteiger charge is -2.36. The van der Waals surface area contributed by atoms with Gasteiger partial charge in [0.15, 0.2) is 5.78 Å². The number of amides is 1. The molecule has 0 radical (unpaired) electrons. The minimum Gasteiger partial charge on any atom is -0.362 e. The molecule has 1 amide bonds. The van der Waals surface area contributed by atoms with Gasteiger partial charge in [-0.05, 0) is 56.4 Å². The van der Waals surface area contributed by atoms with E-state index < -0.39 is 5.92 Å². The number of pyridine rings is 1. The highest BCUT2D eigenvalue weighted by atomic mass is 16.2. The van der Waals surface area contributed by atoms with E-state index in [4.69, 9.17) is 0 Å². The fraction of sp³-hybridized carbons (Fsp3) is 0.286. The van der Waals surface area contributed by atoms with Crippen LogP contribution in [0, 0.1) is 6.92 Å². The largest absolute Gasteiger partial charge is 0.362 e.